The van der Waals surface area contributed by atoms with E-state index in [0.717, 1.165) is 0 Å². The molecule has 0 aliphatic heterocycles. The third kappa shape index (κ3) is 9.40. The molecule has 0 amide bonds. The lowest BCUT2D eigenvalue weighted by molar-refractivity contribution is -0.386. The van der Waals surface area contributed by atoms with Gasteiger partial charge in [-0.05, 0) is 37.5 Å². The number of nitro benzene ring substituents is 3. The summed E-state index contributed by atoms with van der Waals surface area (Å²) < 4.78 is 18.9. The van der Waals surface area contributed by atoms with E-state index in [2.05, 4.69) is 0 Å². The molecule has 0 aliphatic rings. The molecule has 3 atom stereocenters. The summed E-state index contributed by atoms with van der Waals surface area (Å²) in [5.74, 6) is 0.156. The molecule has 1 radical (unpaired) electrons. The van der Waals surface area contributed by atoms with Crippen molar-refractivity contribution in [3.8, 4) is 0 Å². The smallest absolute Gasteiger partial charge is 0.364 e. The van der Waals surface area contributed by atoms with Crippen LogP contribution in [0.5, 0.6) is 0 Å². The van der Waals surface area contributed by atoms with Gasteiger partial charge in [0.05, 0.1) is 49.8 Å². The maximum absolute atomic E-state index is 11.8. The summed E-state index contributed by atoms with van der Waals surface area (Å²) in [7, 11) is -3.02. The minimum Gasteiger partial charge on any atom is -0.364 e. The zero-order valence-electron chi connectivity index (χ0n) is 22.6. The second kappa shape index (κ2) is 17.2. The van der Waals surface area contributed by atoms with Crippen LogP contribution in [0.3, 0.4) is 0 Å². The standard InChI is InChI=1S/C27H27Cl3N3O9Si/c28-16-13-25(19-7-1-4-10-22(19)31(34)35)40-43(41-26(14-17-29)20-8-2-5-11-23(20)32(36)37)42-27(15-18-30)21-9-3-6-12-24(21)33(38)39/h1-12,25-27H,13-18H2. The van der Waals surface area contributed by atoms with Crippen LogP contribution in [0.25, 0.3) is 0 Å². The van der Waals surface area contributed by atoms with E-state index in [1.54, 1.807) is 18.2 Å². The van der Waals surface area contributed by atoms with Gasteiger partial charge in [0.15, 0.2) is 0 Å². The van der Waals surface area contributed by atoms with Crippen molar-refractivity contribution in [1.29, 1.82) is 0 Å². The van der Waals surface area contributed by atoms with E-state index < -0.39 is 42.6 Å². The van der Waals surface area contributed by atoms with E-state index in [-0.39, 0.29) is 70.7 Å². The van der Waals surface area contributed by atoms with Gasteiger partial charge in [0, 0.05) is 35.8 Å². The van der Waals surface area contributed by atoms with Crippen molar-refractivity contribution in [3.05, 3.63) is 120 Å². The summed E-state index contributed by atoms with van der Waals surface area (Å²) in [5, 5.41) is 35.5. The Morgan fingerprint density at radius 2 is 0.791 bits per heavy atom. The summed E-state index contributed by atoms with van der Waals surface area (Å²) in [6.45, 7) is 0. The fraction of sp³-hybridized carbons (Fsp3) is 0.333. The monoisotopic (exact) mass is 670 g/mol. The molecule has 16 heteroatoms. The molecule has 3 aromatic rings. The highest BCUT2D eigenvalue weighted by atomic mass is 35.5. The summed E-state index contributed by atoms with van der Waals surface area (Å²) in [6.07, 6.45) is -2.62. The molecule has 12 nitrogen and oxygen atoms in total. The van der Waals surface area contributed by atoms with Gasteiger partial charge >= 0.3 is 9.53 Å². The Morgan fingerprint density at radius 3 is 1.02 bits per heavy atom. The number of rotatable bonds is 18. The highest BCUT2D eigenvalue weighted by molar-refractivity contribution is 6.36. The van der Waals surface area contributed by atoms with Crippen molar-refractivity contribution in [3.63, 3.8) is 0 Å². The highest BCUT2D eigenvalue weighted by Gasteiger charge is 2.37. The molecule has 0 aromatic heterocycles. The third-order valence-electron chi connectivity index (χ3n) is 6.27. The van der Waals surface area contributed by atoms with Gasteiger partial charge in [-0.25, -0.2) is 0 Å². The van der Waals surface area contributed by atoms with Crippen molar-refractivity contribution < 1.29 is 28.0 Å². The number of nitrogens with zero attached hydrogens (tertiary/aromatic N) is 3. The molecule has 229 valence electrons. The van der Waals surface area contributed by atoms with Crippen LogP contribution in [0.4, 0.5) is 17.1 Å². The fourth-order valence-corrected chi connectivity index (χ4v) is 6.53. The summed E-state index contributed by atoms with van der Waals surface area (Å²) >= 11 is 18.2. The van der Waals surface area contributed by atoms with Crippen LogP contribution in [0.15, 0.2) is 72.8 Å². The number of nitro groups is 3. The molecule has 0 N–H and O–H groups in total. The van der Waals surface area contributed by atoms with Gasteiger partial charge in [0.2, 0.25) is 0 Å². The predicted molar refractivity (Wildman–Crippen MR) is 163 cm³/mol. The number of para-hydroxylation sites is 3. The number of hydrogen-bond donors (Lipinski definition) is 0. The quantitative estimate of drug-likeness (QED) is 0.0568. The van der Waals surface area contributed by atoms with Crippen molar-refractivity contribution in [1.82, 2.24) is 0 Å². The van der Waals surface area contributed by atoms with Crippen LogP contribution in [0.2, 0.25) is 0 Å². The largest absolute Gasteiger partial charge is 0.579 e. The molecule has 3 unspecified atom stereocenters. The SMILES string of the molecule is O=[N+]([O-])c1ccccc1C(CCCl)O[Si](OC(CCCl)c1ccccc1[N+](=O)[O-])OC(CCCl)c1ccccc1[N+](=O)[O-]. The Kier molecular flexibility index (Phi) is 13.7. The first kappa shape index (κ1) is 34.3. The maximum Gasteiger partial charge on any atom is 0.579 e. The third-order valence-corrected chi connectivity index (χ3v) is 8.36. The molecular formula is C27H27Cl3N3O9Si. The maximum atomic E-state index is 11.8. The van der Waals surface area contributed by atoms with Crippen molar-refractivity contribution >= 4 is 61.4 Å². The average molecular weight is 672 g/mol. The minimum absolute atomic E-state index is 0.0520. The van der Waals surface area contributed by atoms with E-state index in [9.17, 15) is 30.3 Å². The van der Waals surface area contributed by atoms with Crippen LogP contribution in [-0.2, 0) is 13.3 Å². The molecule has 0 saturated heterocycles. The van der Waals surface area contributed by atoms with Gasteiger partial charge in [-0.15, -0.1) is 34.8 Å². The normalized spacial score (nSPS) is 13.4. The minimum atomic E-state index is -3.02. The Hall–Kier alpha value is -3.17. The second-order valence-electron chi connectivity index (χ2n) is 8.95. The Balaban J connectivity index is 2.11. The molecule has 0 heterocycles. The summed E-state index contributed by atoms with van der Waals surface area (Å²) in [6, 6.07) is 17.9. The van der Waals surface area contributed by atoms with Crippen LogP contribution in [-0.4, -0.2) is 41.9 Å². The van der Waals surface area contributed by atoms with Gasteiger partial charge in [0.1, 0.15) is 0 Å². The van der Waals surface area contributed by atoms with Crippen LogP contribution in [0, 0.1) is 30.3 Å². The Morgan fingerprint density at radius 1 is 0.535 bits per heavy atom. The highest BCUT2D eigenvalue weighted by Crippen LogP contribution is 2.37. The Bertz CT molecular complexity index is 1240. The number of benzene rings is 3. The molecule has 0 bridgehead atoms. The summed E-state index contributed by atoms with van der Waals surface area (Å²) in [5.41, 5.74) is -0.0195. The lowest BCUT2D eigenvalue weighted by Crippen LogP contribution is -2.33. The molecule has 0 saturated carbocycles. The number of halogens is 3. The predicted octanol–water partition coefficient (Wildman–Crippen LogP) is 7.86. The number of hydrogen-bond acceptors (Lipinski definition) is 9. The van der Waals surface area contributed by atoms with E-state index in [4.69, 9.17) is 48.1 Å². The van der Waals surface area contributed by atoms with E-state index in [1.165, 1.54) is 54.6 Å². The number of alkyl halides is 3. The zero-order valence-corrected chi connectivity index (χ0v) is 25.8. The van der Waals surface area contributed by atoms with Crippen molar-refractivity contribution in [2.75, 3.05) is 17.6 Å². The molecule has 43 heavy (non-hydrogen) atoms. The molecule has 3 rings (SSSR count). The van der Waals surface area contributed by atoms with Gasteiger partial charge in [-0.1, -0.05) is 36.4 Å². The van der Waals surface area contributed by atoms with Gasteiger partial charge in [-0.2, -0.15) is 0 Å². The second-order valence-corrected chi connectivity index (χ2v) is 11.3. The van der Waals surface area contributed by atoms with Gasteiger partial charge < -0.3 is 13.3 Å². The van der Waals surface area contributed by atoms with E-state index in [0.29, 0.717) is 0 Å². The van der Waals surface area contributed by atoms with Gasteiger partial charge in [-0.3, -0.25) is 30.3 Å². The molecule has 0 spiro atoms. The fourth-order valence-electron chi connectivity index (χ4n) is 4.34. The first-order chi connectivity index (χ1) is 20.7. The summed E-state index contributed by atoms with van der Waals surface area (Å²) in [4.78, 5) is 33.8. The first-order valence-electron chi connectivity index (χ1n) is 13.0. The van der Waals surface area contributed by atoms with Crippen LogP contribution in [0.1, 0.15) is 54.3 Å². The van der Waals surface area contributed by atoms with Crippen LogP contribution >= 0.6 is 34.8 Å². The topological polar surface area (TPSA) is 157 Å². The first-order valence-corrected chi connectivity index (χ1v) is 15.8. The van der Waals surface area contributed by atoms with Crippen LogP contribution < -0.4 is 0 Å². The van der Waals surface area contributed by atoms with E-state index in [1.807, 2.05) is 0 Å². The van der Waals surface area contributed by atoms with Gasteiger partial charge in [0.25, 0.3) is 17.1 Å². The molecule has 0 fully saturated rings. The van der Waals surface area contributed by atoms with Crippen molar-refractivity contribution in [2.45, 2.75) is 37.6 Å². The Labute approximate surface area is 263 Å². The zero-order chi connectivity index (χ0) is 31.4. The van der Waals surface area contributed by atoms with E-state index >= 15 is 0 Å². The average Bonchev–Trinajstić information content (AvgIpc) is 3.00. The lowest BCUT2D eigenvalue weighted by atomic mass is 10.1. The molecule has 3 aromatic carbocycles. The lowest BCUT2D eigenvalue weighted by Gasteiger charge is -2.28. The van der Waals surface area contributed by atoms with Crippen molar-refractivity contribution in [2.24, 2.45) is 0 Å². The molecule has 0 aliphatic carbocycles. The molecular weight excluding hydrogens is 645 g/mol.